The smallest absolute Gasteiger partial charge is 0.265 e. The van der Waals surface area contributed by atoms with E-state index in [9.17, 15) is 4.79 Å². The van der Waals surface area contributed by atoms with Crippen LogP contribution in [0.1, 0.15) is 33.3 Å². The van der Waals surface area contributed by atoms with Crippen molar-refractivity contribution in [2.75, 3.05) is 13.2 Å². The molecule has 0 aromatic carbocycles. The molecule has 28 heavy (non-hydrogen) atoms. The number of amides is 1. The van der Waals surface area contributed by atoms with E-state index in [1.54, 1.807) is 11.3 Å². The minimum atomic E-state index is -0.102. The van der Waals surface area contributed by atoms with Crippen LogP contribution in [0.15, 0.2) is 10.8 Å². The zero-order chi connectivity index (χ0) is 19.1. The molecule has 1 atom stereocenters. The lowest BCUT2D eigenvalue weighted by Crippen LogP contribution is -2.35. The quantitative estimate of drug-likeness (QED) is 0.705. The minimum absolute atomic E-state index is 0.0708. The molecule has 0 radical (unpaired) electrons. The van der Waals surface area contributed by atoms with Crippen LogP contribution in [0.3, 0.4) is 0 Å². The molecule has 0 bridgehead atoms. The van der Waals surface area contributed by atoms with Gasteiger partial charge in [-0.25, -0.2) is 4.98 Å². The third-order valence-corrected chi connectivity index (χ3v) is 6.65. The Balaban J connectivity index is 1.29. The highest BCUT2D eigenvalue weighted by Gasteiger charge is 2.27. The summed E-state index contributed by atoms with van der Waals surface area (Å²) in [5.74, 6) is 2.89. The maximum Gasteiger partial charge on any atom is 0.265 e. The van der Waals surface area contributed by atoms with Crippen LogP contribution in [0.2, 0.25) is 0 Å². The molecular formula is C18H19N5O3S2. The number of thiophene rings is 1. The van der Waals surface area contributed by atoms with E-state index in [0.717, 1.165) is 48.2 Å². The van der Waals surface area contributed by atoms with Crippen molar-refractivity contribution in [3.8, 4) is 23.0 Å². The van der Waals surface area contributed by atoms with Crippen molar-refractivity contribution in [3.63, 3.8) is 0 Å². The van der Waals surface area contributed by atoms with E-state index < -0.39 is 0 Å². The van der Waals surface area contributed by atoms with Crippen LogP contribution in [0.5, 0.6) is 11.5 Å². The predicted octanol–water partition coefficient (Wildman–Crippen LogP) is 2.68. The lowest BCUT2D eigenvalue weighted by Gasteiger charge is -2.18. The summed E-state index contributed by atoms with van der Waals surface area (Å²) in [4.78, 5) is 17.9. The Labute approximate surface area is 169 Å². The zero-order valence-corrected chi connectivity index (χ0v) is 16.9. The fourth-order valence-electron chi connectivity index (χ4n) is 3.56. The predicted molar refractivity (Wildman–Crippen MR) is 105 cm³/mol. The lowest BCUT2D eigenvalue weighted by molar-refractivity contribution is 0.0928. The van der Waals surface area contributed by atoms with Gasteiger partial charge in [-0.15, -0.1) is 32.9 Å². The molecule has 2 aliphatic heterocycles. The van der Waals surface area contributed by atoms with Crippen molar-refractivity contribution in [3.05, 3.63) is 26.5 Å². The van der Waals surface area contributed by atoms with E-state index >= 15 is 0 Å². The molecule has 5 heterocycles. The minimum Gasteiger partial charge on any atom is -0.485 e. The van der Waals surface area contributed by atoms with Crippen molar-refractivity contribution < 1.29 is 14.3 Å². The number of hydrogen-bond donors (Lipinski definition) is 1. The zero-order valence-electron chi connectivity index (χ0n) is 15.3. The summed E-state index contributed by atoms with van der Waals surface area (Å²) in [5.41, 5.74) is 0.867. The van der Waals surface area contributed by atoms with Gasteiger partial charge in [-0.2, -0.15) is 0 Å². The van der Waals surface area contributed by atoms with E-state index in [2.05, 4.69) is 25.1 Å². The number of aryl methyl sites for hydroxylation is 2. The van der Waals surface area contributed by atoms with Crippen LogP contribution in [-0.2, 0) is 13.0 Å². The Morgan fingerprint density at radius 1 is 1.21 bits per heavy atom. The van der Waals surface area contributed by atoms with E-state index in [1.807, 2.05) is 17.7 Å². The van der Waals surface area contributed by atoms with Crippen LogP contribution >= 0.6 is 22.7 Å². The number of hydrogen-bond acceptors (Lipinski definition) is 8. The number of ether oxygens (including phenoxy) is 2. The van der Waals surface area contributed by atoms with Crippen molar-refractivity contribution in [1.29, 1.82) is 0 Å². The average Bonchev–Trinajstić information content (AvgIpc) is 3.39. The molecule has 8 nitrogen and oxygen atoms in total. The second-order valence-electron chi connectivity index (χ2n) is 6.80. The van der Waals surface area contributed by atoms with E-state index in [-0.39, 0.29) is 11.9 Å². The molecule has 0 saturated carbocycles. The molecule has 0 fully saturated rings. The first-order valence-electron chi connectivity index (χ1n) is 9.21. The maximum atomic E-state index is 12.8. The first-order chi connectivity index (χ1) is 13.7. The Bertz CT molecular complexity index is 1020. The summed E-state index contributed by atoms with van der Waals surface area (Å²) in [5, 5.41) is 16.7. The topological polar surface area (TPSA) is 91.2 Å². The lowest BCUT2D eigenvalue weighted by atomic mass is 10.1. The number of carbonyl (C=O) groups is 1. The highest BCUT2D eigenvalue weighted by Crippen LogP contribution is 2.39. The molecule has 10 heteroatoms. The number of carbonyl (C=O) groups excluding carboxylic acids is 1. The molecule has 0 spiro atoms. The van der Waals surface area contributed by atoms with Gasteiger partial charge in [0.1, 0.15) is 29.6 Å². The van der Waals surface area contributed by atoms with Crippen molar-refractivity contribution in [2.24, 2.45) is 0 Å². The summed E-state index contributed by atoms with van der Waals surface area (Å²) in [7, 11) is 0. The third-order valence-electron chi connectivity index (χ3n) is 4.94. The largest absolute Gasteiger partial charge is 0.485 e. The molecule has 1 unspecified atom stereocenters. The van der Waals surface area contributed by atoms with Gasteiger partial charge in [0.2, 0.25) is 0 Å². The van der Waals surface area contributed by atoms with Crippen LogP contribution in [0, 0.1) is 6.92 Å². The Hall–Kier alpha value is -2.46. The highest BCUT2D eigenvalue weighted by molar-refractivity contribution is 7.12. The van der Waals surface area contributed by atoms with Gasteiger partial charge in [0, 0.05) is 29.8 Å². The molecule has 3 aromatic heterocycles. The second-order valence-corrected chi connectivity index (χ2v) is 8.74. The molecule has 0 saturated heterocycles. The Kier molecular flexibility index (Phi) is 4.52. The van der Waals surface area contributed by atoms with E-state index in [1.165, 1.54) is 11.3 Å². The normalized spacial score (nSPS) is 18.4. The molecular weight excluding hydrogens is 398 g/mol. The van der Waals surface area contributed by atoms with Gasteiger partial charge >= 0.3 is 0 Å². The fraction of sp³-hybridized carbons (Fsp3) is 0.444. The van der Waals surface area contributed by atoms with Crippen molar-refractivity contribution in [1.82, 2.24) is 25.1 Å². The summed E-state index contributed by atoms with van der Waals surface area (Å²) >= 11 is 2.97. The van der Waals surface area contributed by atoms with Crippen LogP contribution in [0.25, 0.3) is 11.5 Å². The van der Waals surface area contributed by atoms with Gasteiger partial charge in [0.15, 0.2) is 17.3 Å². The first kappa shape index (κ1) is 17.6. The molecule has 1 amide bonds. The SMILES string of the molecule is Cc1nc(-c2nnc3n2CCC(NC(=O)c2scc4c2OCCO4)CC3)cs1. The Morgan fingerprint density at radius 2 is 2.11 bits per heavy atom. The van der Waals surface area contributed by atoms with Crippen LogP contribution < -0.4 is 14.8 Å². The van der Waals surface area contributed by atoms with E-state index in [0.29, 0.717) is 29.6 Å². The summed E-state index contributed by atoms with van der Waals surface area (Å²) in [6.07, 6.45) is 2.41. The number of aromatic nitrogens is 4. The molecule has 146 valence electrons. The third kappa shape index (κ3) is 3.16. The number of fused-ring (bicyclic) bond motifs is 2. The van der Waals surface area contributed by atoms with Gasteiger partial charge in [0.05, 0.1) is 5.01 Å². The van der Waals surface area contributed by atoms with E-state index in [4.69, 9.17) is 9.47 Å². The summed E-state index contributed by atoms with van der Waals surface area (Å²) < 4.78 is 13.3. The molecule has 1 N–H and O–H groups in total. The van der Waals surface area contributed by atoms with Crippen LogP contribution in [-0.4, -0.2) is 44.9 Å². The van der Waals surface area contributed by atoms with Gasteiger partial charge < -0.3 is 19.4 Å². The van der Waals surface area contributed by atoms with Crippen molar-refractivity contribution in [2.45, 2.75) is 38.8 Å². The Morgan fingerprint density at radius 3 is 2.96 bits per heavy atom. The van der Waals surface area contributed by atoms with Gasteiger partial charge in [-0.3, -0.25) is 4.79 Å². The number of nitrogens with zero attached hydrogens (tertiary/aromatic N) is 4. The van der Waals surface area contributed by atoms with Crippen molar-refractivity contribution >= 4 is 28.6 Å². The standard InChI is InChI=1S/C18H19N5O3S2/c1-10-19-12(8-27-10)17-22-21-14-3-2-11(4-5-23(14)17)20-18(24)16-15-13(9-28-16)25-6-7-26-15/h8-9,11H,2-7H2,1H3,(H,20,24). The first-order valence-corrected chi connectivity index (χ1v) is 11.0. The number of nitrogens with one attached hydrogen (secondary N) is 1. The monoisotopic (exact) mass is 417 g/mol. The molecule has 5 rings (SSSR count). The fourth-order valence-corrected chi connectivity index (χ4v) is 4.98. The average molecular weight is 418 g/mol. The highest BCUT2D eigenvalue weighted by atomic mass is 32.1. The number of thiazole rings is 1. The molecule has 3 aromatic rings. The molecule has 2 aliphatic rings. The maximum absolute atomic E-state index is 12.8. The van der Waals surface area contributed by atoms with Gasteiger partial charge in [-0.05, 0) is 19.8 Å². The van der Waals surface area contributed by atoms with Crippen LogP contribution in [0.4, 0.5) is 0 Å². The second kappa shape index (κ2) is 7.17. The van der Waals surface area contributed by atoms with Gasteiger partial charge in [0.25, 0.3) is 5.91 Å². The summed E-state index contributed by atoms with van der Waals surface area (Å²) in [6.45, 7) is 3.73. The molecule has 0 aliphatic carbocycles. The summed E-state index contributed by atoms with van der Waals surface area (Å²) in [6, 6.07) is 0.0708. The number of rotatable bonds is 3. The van der Waals surface area contributed by atoms with Gasteiger partial charge in [-0.1, -0.05) is 0 Å².